The van der Waals surface area contributed by atoms with Crippen molar-refractivity contribution >= 4 is 35.4 Å². The average molecular weight is 590 g/mol. The van der Waals surface area contributed by atoms with Gasteiger partial charge in [-0.15, -0.1) is 0 Å². The predicted molar refractivity (Wildman–Crippen MR) is 155 cm³/mol. The van der Waals surface area contributed by atoms with E-state index in [2.05, 4.69) is 21.3 Å². The maximum atomic E-state index is 12.7. The molecule has 42 heavy (non-hydrogen) atoms. The molecule has 1 unspecified atom stereocenters. The molecule has 5 N–H and O–H groups in total. The van der Waals surface area contributed by atoms with Crippen molar-refractivity contribution < 1.29 is 38.6 Å². The molecule has 0 bridgehead atoms. The molecule has 0 saturated heterocycles. The summed E-state index contributed by atoms with van der Waals surface area (Å²) in [5.74, 6) is -1.27. The van der Waals surface area contributed by atoms with Crippen molar-refractivity contribution in [3.63, 3.8) is 0 Å². The number of hydrogen-bond acceptors (Lipinski definition) is 8. The third-order valence-corrected chi connectivity index (χ3v) is 6.28. The molecule has 0 spiro atoms. The minimum absolute atomic E-state index is 0.0212. The number of anilines is 1. The first-order chi connectivity index (χ1) is 20.2. The van der Waals surface area contributed by atoms with Crippen LogP contribution in [0.15, 0.2) is 36.4 Å². The Hall–Kier alpha value is -3.97. The number of nitrogens with one attached hydrogen (secondary N) is 4. The lowest BCUT2D eigenvalue weighted by Gasteiger charge is -2.21. The SMILES string of the molecule is CC(C)C(NC(=O)CCCCCN1CC=CC1=O)C(=O)NCC(=O)Nc1ccc(COC(=O)NCCOCCO)cc1. The van der Waals surface area contributed by atoms with Crippen LogP contribution in [-0.2, 0) is 35.3 Å². The summed E-state index contributed by atoms with van der Waals surface area (Å²) in [5, 5.41) is 19.2. The van der Waals surface area contributed by atoms with Crippen LogP contribution >= 0.6 is 0 Å². The Bertz CT molecular complexity index is 1060. The highest BCUT2D eigenvalue weighted by atomic mass is 16.5. The lowest BCUT2D eigenvalue weighted by Crippen LogP contribution is -2.51. The average Bonchev–Trinajstić information content (AvgIpc) is 3.38. The molecule has 0 saturated carbocycles. The monoisotopic (exact) mass is 589 g/mol. The van der Waals surface area contributed by atoms with Gasteiger partial charge in [-0.25, -0.2) is 4.79 Å². The Kier molecular flexibility index (Phi) is 15.7. The smallest absolute Gasteiger partial charge is 0.407 e. The minimum Gasteiger partial charge on any atom is -0.445 e. The van der Waals surface area contributed by atoms with Gasteiger partial charge in [0.05, 0.1) is 26.4 Å². The van der Waals surface area contributed by atoms with Crippen molar-refractivity contribution in [1.29, 1.82) is 0 Å². The molecule has 0 radical (unpaired) electrons. The van der Waals surface area contributed by atoms with Gasteiger partial charge in [0.25, 0.3) is 0 Å². The fourth-order valence-corrected chi connectivity index (χ4v) is 3.98. The topological polar surface area (TPSA) is 175 Å². The van der Waals surface area contributed by atoms with Crippen LogP contribution in [0.25, 0.3) is 0 Å². The molecule has 1 aliphatic heterocycles. The summed E-state index contributed by atoms with van der Waals surface area (Å²) in [6.07, 6.45) is 5.32. The van der Waals surface area contributed by atoms with Crippen LogP contribution in [0.1, 0.15) is 45.1 Å². The third kappa shape index (κ3) is 13.6. The van der Waals surface area contributed by atoms with Gasteiger partial charge in [-0.1, -0.05) is 38.5 Å². The molecule has 5 amide bonds. The van der Waals surface area contributed by atoms with E-state index < -0.39 is 23.9 Å². The Balaban J connectivity index is 1.64. The fraction of sp³-hybridized carbons (Fsp3) is 0.552. The molecular weight excluding hydrogens is 546 g/mol. The molecule has 232 valence electrons. The van der Waals surface area contributed by atoms with E-state index in [1.54, 1.807) is 35.2 Å². The zero-order valence-corrected chi connectivity index (χ0v) is 24.4. The molecule has 1 aromatic rings. The number of carbonyl (C=O) groups excluding carboxylic acids is 5. The number of carbonyl (C=O) groups is 5. The van der Waals surface area contributed by atoms with E-state index in [-0.39, 0.29) is 63.7 Å². The van der Waals surface area contributed by atoms with Gasteiger partial charge in [-0.2, -0.15) is 0 Å². The molecule has 1 aromatic carbocycles. The molecule has 1 aliphatic rings. The summed E-state index contributed by atoms with van der Waals surface area (Å²) in [6.45, 7) is 5.33. The van der Waals surface area contributed by atoms with Gasteiger partial charge in [0.15, 0.2) is 0 Å². The Morgan fingerprint density at radius 1 is 1.00 bits per heavy atom. The summed E-state index contributed by atoms with van der Waals surface area (Å²) in [5.41, 5.74) is 1.21. The van der Waals surface area contributed by atoms with Crippen molar-refractivity contribution in [2.45, 2.75) is 52.2 Å². The highest BCUT2D eigenvalue weighted by molar-refractivity contribution is 5.96. The van der Waals surface area contributed by atoms with E-state index in [1.165, 1.54) is 0 Å². The van der Waals surface area contributed by atoms with E-state index in [0.717, 1.165) is 12.8 Å². The van der Waals surface area contributed by atoms with Gasteiger partial charge in [-0.3, -0.25) is 19.2 Å². The molecular formula is C29H43N5O8. The number of aliphatic hydroxyl groups excluding tert-OH is 1. The molecule has 13 nitrogen and oxygen atoms in total. The van der Waals surface area contributed by atoms with Crippen molar-refractivity contribution in [3.8, 4) is 0 Å². The maximum Gasteiger partial charge on any atom is 0.407 e. The Morgan fingerprint density at radius 3 is 2.43 bits per heavy atom. The second-order valence-corrected chi connectivity index (χ2v) is 10.1. The van der Waals surface area contributed by atoms with Crippen LogP contribution in [-0.4, -0.2) is 91.8 Å². The number of alkyl carbamates (subject to hydrolysis) is 1. The molecule has 13 heteroatoms. The lowest BCUT2D eigenvalue weighted by molar-refractivity contribution is -0.130. The first-order valence-electron chi connectivity index (χ1n) is 14.2. The number of aliphatic hydroxyl groups is 1. The van der Waals surface area contributed by atoms with E-state index in [0.29, 0.717) is 30.8 Å². The van der Waals surface area contributed by atoms with E-state index in [4.69, 9.17) is 14.6 Å². The normalized spacial score (nSPS) is 13.1. The van der Waals surface area contributed by atoms with Crippen LogP contribution in [0.5, 0.6) is 0 Å². The molecule has 0 aromatic heterocycles. The fourth-order valence-electron chi connectivity index (χ4n) is 3.98. The second kappa shape index (κ2) is 19.2. The number of hydrogen-bond donors (Lipinski definition) is 5. The standard InChI is InChI=1S/C29H43N5O8/c1-21(2)27(33-24(36)7-4-3-5-14-34-15-6-8-26(34)38)28(39)31-19-25(37)32-23-11-9-22(10-12-23)20-42-29(40)30-13-17-41-18-16-35/h6,8-12,21,27,35H,3-5,7,13-20H2,1-2H3,(H,30,40)(H,31,39)(H,32,37)(H,33,36). The summed E-state index contributed by atoms with van der Waals surface area (Å²) >= 11 is 0. The van der Waals surface area contributed by atoms with Crippen molar-refractivity contribution in [3.05, 3.63) is 42.0 Å². The maximum absolute atomic E-state index is 12.7. The zero-order valence-electron chi connectivity index (χ0n) is 24.4. The summed E-state index contributed by atoms with van der Waals surface area (Å²) in [6, 6.07) is 5.91. The number of ether oxygens (including phenoxy) is 2. The summed E-state index contributed by atoms with van der Waals surface area (Å²) in [4.78, 5) is 62.5. The molecule has 2 rings (SSSR count). The van der Waals surface area contributed by atoms with Crippen LogP contribution in [0.2, 0.25) is 0 Å². The van der Waals surface area contributed by atoms with Crippen LogP contribution in [0.3, 0.4) is 0 Å². The quantitative estimate of drug-likeness (QED) is 0.149. The van der Waals surface area contributed by atoms with Gasteiger partial charge in [0, 0.05) is 37.8 Å². The molecule has 0 fully saturated rings. The predicted octanol–water partition coefficient (Wildman–Crippen LogP) is 1.08. The highest BCUT2D eigenvalue weighted by Gasteiger charge is 2.24. The summed E-state index contributed by atoms with van der Waals surface area (Å²) < 4.78 is 10.1. The molecule has 1 heterocycles. The van der Waals surface area contributed by atoms with Crippen LogP contribution < -0.4 is 21.3 Å². The van der Waals surface area contributed by atoms with Crippen LogP contribution in [0, 0.1) is 5.92 Å². The molecule has 1 atom stereocenters. The van der Waals surface area contributed by atoms with Gasteiger partial charge < -0.3 is 40.7 Å². The largest absolute Gasteiger partial charge is 0.445 e. The number of rotatable bonds is 19. The van der Waals surface area contributed by atoms with E-state index in [1.807, 2.05) is 19.9 Å². The third-order valence-electron chi connectivity index (χ3n) is 6.28. The van der Waals surface area contributed by atoms with Crippen molar-refractivity contribution in [2.75, 3.05) is 51.3 Å². The van der Waals surface area contributed by atoms with Crippen LogP contribution in [0.4, 0.5) is 10.5 Å². The number of amides is 5. The first-order valence-corrected chi connectivity index (χ1v) is 14.2. The highest BCUT2D eigenvalue weighted by Crippen LogP contribution is 2.11. The first kappa shape index (κ1) is 34.2. The molecule has 0 aliphatic carbocycles. The number of unbranched alkanes of at least 4 members (excludes halogenated alkanes) is 2. The Labute approximate surface area is 246 Å². The number of nitrogens with zero attached hydrogens (tertiary/aromatic N) is 1. The van der Waals surface area contributed by atoms with Gasteiger partial charge >= 0.3 is 6.09 Å². The minimum atomic E-state index is -0.775. The lowest BCUT2D eigenvalue weighted by atomic mass is 10.0. The second-order valence-electron chi connectivity index (χ2n) is 10.1. The zero-order chi connectivity index (χ0) is 30.7. The van der Waals surface area contributed by atoms with Gasteiger partial charge in [0.1, 0.15) is 12.6 Å². The van der Waals surface area contributed by atoms with Gasteiger partial charge in [0.2, 0.25) is 23.6 Å². The number of benzene rings is 1. The Morgan fingerprint density at radius 2 is 1.76 bits per heavy atom. The van der Waals surface area contributed by atoms with Crippen molar-refractivity contribution in [2.24, 2.45) is 5.92 Å². The van der Waals surface area contributed by atoms with Crippen molar-refractivity contribution in [1.82, 2.24) is 20.9 Å². The van der Waals surface area contributed by atoms with Gasteiger partial charge in [-0.05, 0) is 36.5 Å². The summed E-state index contributed by atoms with van der Waals surface area (Å²) in [7, 11) is 0. The van der Waals surface area contributed by atoms with E-state index in [9.17, 15) is 24.0 Å². The van der Waals surface area contributed by atoms with E-state index >= 15 is 0 Å².